The summed E-state index contributed by atoms with van der Waals surface area (Å²) in [4.78, 5) is 16.8. The first-order chi connectivity index (χ1) is 13.2. The Balaban J connectivity index is 1.75. The maximum absolute atomic E-state index is 13.4. The van der Waals surface area contributed by atoms with E-state index in [2.05, 4.69) is 34.5 Å². The zero-order valence-electron chi connectivity index (χ0n) is 16.1. The highest BCUT2D eigenvalue weighted by molar-refractivity contribution is 7.10. The fraction of sp³-hybridized carbons (Fsp3) is 0.500. The van der Waals surface area contributed by atoms with Crippen LogP contribution in [0.25, 0.3) is 0 Å². The van der Waals surface area contributed by atoms with Gasteiger partial charge in [0.1, 0.15) is 0 Å². The zero-order chi connectivity index (χ0) is 18.8. The molecule has 4 rings (SSSR count). The molecule has 1 amide bonds. The highest BCUT2D eigenvalue weighted by atomic mass is 32.1. The average molecular weight is 386 g/mol. The molecule has 1 fully saturated rings. The summed E-state index contributed by atoms with van der Waals surface area (Å²) in [5.74, 6) is 1.99. The van der Waals surface area contributed by atoms with Crippen molar-refractivity contribution in [1.82, 2.24) is 4.90 Å². The third-order valence-electron chi connectivity index (χ3n) is 5.92. The van der Waals surface area contributed by atoms with Crippen LogP contribution in [0.3, 0.4) is 0 Å². The lowest BCUT2D eigenvalue weighted by Gasteiger charge is -2.39. The first-order valence-electron chi connectivity index (χ1n) is 9.81. The lowest BCUT2D eigenvalue weighted by molar-refractivity contribution is -0.138. The molecular weight excluding hydrogens is 358 g/mol. The van der Waals surface area contributed by atoms with Gasteiger partial charge in [-0.2, -0.15) is 0 Å². The molecule has 1 aromatic carbocycles. The van der Waals surface area contributed by atoms with Gasteiger partial charge in [0.05, 0.1) is 20.3 Å². The van der Waals surface area contributed by atoms with Crippen molar-refractivity contribution in [1.29, 1.82) is 0 Å². The monoisotopic (exact) mass is 385 g/mol. The number of nitrogens with zero attached hydrogens (tertiary/aromatic N) is 1. The van der Waals surface area contributed by atoms with E-state index in [1.807, 2.05) is 0 Å². The maximum Gasteiger partial charge on any atom is 0.226 e. The third-order valence-corrected chi connectivity index (χ3v) is 6.85. The molecule has 0 spiro atoms. The molecule has 4 nitrogen and oxygen atoms in total. The number of benzene rings is 1. The number of hydrogen-bond donors (Lipinski definition) is 0. The number of hydrogen-bond acceptors (Lipinski definition) is 4. The van der Waals surface area contributed by atoms with Crippen LogP contribution in [0.5, 0.6) is 11.5 Å². The minimum Gasteiger partial charge on any atom is -0.493 e. The summed E-state index contributed by atoms with van der Waals surface area (Å²) in [5.41, 5.74) is 2.42. The number of rotatable bonds is 4. The van der Waals surface area contributed by atoms with Crippen LogP contribution in [-0.4, -0.2) is 31.6 Å². The van der Waals surface area contributed by atoms with Crippen molar-refractivity contribution in [3.8, 4) is 11.5 Å². The van der Waals surface area contributed by atoms with Crippen molar-refractivity contribution < 1.29 is 14.3 Å². The van der Waals surface area contributed by atoms with E-state index in [9.17, 15) is 4.79 Å². The molecular formula is C22H27NO3S. The molecule has 1 unspecified atom stereocenters. The van der Waals surface area contributed by atoms with Crippen molar-refractivity contribution in [2.24, 2.45) is 5.92 Å². The first-order valence-corrected chi connectivity index (χ1v) is 10.7. The molecule has 1 aromatic heterocycles. The Labute approximate surface area is 165 Å². The highest BCUT2D eigenvalue weighted by Gasteiger charge is 2.36. The molecule has 1 saturated carbocycles. The predicted octanol–water partition coefficient (Wildman–Crippen LogP) is 4.82. The average Bonchev–Trinajstić information content (AvgIpc) is 3.26. The van der Waals surface area contributed by atoms with Gasteiger partial charge in [-0.15, -0.1) is 11.3 Å². The van der Waals surface area contributed by atoms with Crippen molar-refractivity contribution in [2.45, 2.75) is 44.6 Å². The summed E-state index contributed by atoms with van der Waals surface area (Å²) in [6, 6.07) is 8.33. The lowest BCUT2D eigenvalue weighted by atomic mass is 9.85. The Hall–Kier alpha value is -2.01. The van der Waals surface area contributed by atoms with Crippen molar-refractivity contribution in [2.75, 3.05) is 20.8 Å². The van der Waals surface area contributed by atoms with Crippen LogP contribution < -0.4 is 9.47 Å². The van der Waals surface area contributed by atoms with E-state index in [1.54, 1.807) is 25.6 Å². The van der Waals surface area contributed by atoms with E-state index >= 15 is 0 Å². The smallest absolute Gasteiger partial charge is 0.226 e. The van der Waals surface area contributed by atoms with Gasteiger partial charge in [0.25, 0.3) is 0 Å². The molecule has 0 radical (unpaired) electrons. The first kappa shape index (κ1) is 18.4. The van der Waals surface area contributed by atoms with Gasteiger partial charge in [0.2, 0.25) is 5.91 Å². The van der Waals surface area contributed by atoms with E-state index in [-0.39, 0.29) is 12.0 Å². The highest BCUT2D eigenvalue weighted by Crippen LogP contribution is 2.43. The van der Waals surface area contributed by atoms with Crippen LogP contribution in [0, 0.1) is 5.92 Å². The molecule has 0 N–H and O–H groups in total. The molecule has 0 saturated heterocycles. The Morgan fingerprint density at radius 1 is 1.11 bits per heavy atom. The number of thiophene rings is 1. The molecule has 2 heterocycles. The standard InChI is InChI=1S/C22H27NO3S/c1-25-18-13-16-10-11-23(22(24)15-7-4-3-5-8-15)21(20-9-6-12-27-20)17(16)14-19(18)26-2/h6,9,12-15,21H,3-5,7-8,10-11H2,1-2H3. The van der Waals surface area contributed by atoms with Crippen LogP contribution in [-0.2, 0) is 11.2 Å². The molecule has 1 aliphatic heterocycles. The maximum atomic E-state index is 13.4. The van der Waals surface area contributed by atoms with Gasteiger partial charge in [-0.1, -0.05) is 25.3 Å². The summed E-state index contributed by atoms with van der Waals surface area (Å²) >= 11 is 1.72. The Morgan fingerprint density at radius 2 is 1.85 bits per heavy atom. The molecule has 5 heteroatoms. The molecule has 1 aliphatic carbocycles. The number of carbonyl (C=O) groups is 1. The minimum atomic E-state index is -0.0250. The molecule has 2 aliphatic rings. The van der Waals surface area contributed by atoms with Crippen molar-refractivity contribution in [3.05, 3.63) is 45.6 Å². The van der Waals surface area contributed by atoms with Crippen LogP contribution >= 0.6 is 11.3 Å². The van der Waals surface area contributed by atoms with Gasteiger partial charge < -0.3 is 14.4 Å². The van der Waals surface area contributed by atoms with Crippen LogP contribution in [0.1, 0.15) is 54.1 Å². The second kappa shape index (κ2) is 7.93. The second-order valence-corrected chi connectivity index (χ2v) is 8.42. The number of methoxy groups -OCH3 is 2. The second-order valence-electron chi connectivity index (χ2n) is 7.44. The summed E-state index contributed by atoms with van der Waals surface area (Å²) in [6.45, 7) is 0.764. The van der Waals surface area contributed by atoms with Gasteiger partial charge in [0, 0.05) is 17.3 Å². The third kappa shape index (κ3) is 3.45. The number of ether oxygens (including phenoxy) is 2. The summed E-state index contributed by atoms with van der Waals surface area (Å²) < 4.78 is 11.0. The topological polar surface area (TPSA) is 38.8 Å². The lowest BCUT2D eigenvalue weighted by Crippen LogP contribution is -2.43. The van der Waals surface area contributed by atoms with Crippen molar-refractivity contribution >= 4 is 17.2 Å². The van der Waals surface area contributed by atoms with E-state index in [0.717, 1.165) is 37.3 Å². The number of carbonyl (C=O) groups excluding carboxylic acids is 1. The van der Waals surface area contributed by atoms with E-state index in [0.29, 0.717) is 5.91 Å². The van der Waals surface area contributed by atoms with Crippen LogP contribution in [0.4, 0.5) is 0 Å². The molecule has 1 atom stereocenters. The van der Waals surface area contributed by atoms with Crippen LogP contribution in [0.15, 0.2) is 29.6 Å². The normalized spacial score (nSPS) is 20.2. The summed E-state index contributed by atoms with van der Waals surface area (Å²) in [5, 5.41) is 2.09. The van der Waals surface area contributed by atoms with Gasteiger partial charge in [-0.3, -0.25) is 4.79 Å². The molecule has 2 aromatic rings. The quantitative estimate of drug-likeness (QED) is 0.757. The van der Waals surface area contributed by atoms with Gasteiger partial charge >= 0.3 is 0 Å². The van der Waals surface area contributed by atoms with Gasteiger partial charge in [-0.05, 0) is 54.0 Å². The Morgan fingerprint density at radius 3 is 2.52 bits per heavy atom. The summed E-state index contributed by atoms with van der Waals surface area (Å²) in [6.07, 6.45) is 6.54. The molecule has 27 heavy (non-hydrogen) atoms. The fourth-order valence-corrected chi connectivity index (χ4v) is 5.38. The predicted molar refractivity (Wildman–Crippen MR) is 108 cm³/mol. The van der Waals surface area contributed by atoms with Crippen LogP contribution in [0.2, 0.25) is 0 Å². The van der Waals surface area contributed by atoms with E-state index in [1.165, 1.54) is 35.3 Å². The van der Waals surface area contributed by atoms with Gasteiger partial charge in [0.15, 0.2) is 11.5 Å². The Kier molecular flexibility index (Phi) is 5.39. The number of fused-ring (bicyclic) bond motifs is 1. The largest absolute Gasteiger partial charge is 0.493 e. The molecule has 0 bridgehead atoms. The minimum absolute atomic E-state index is 0.0250. The van der Waals surface area contributed by atoms with E-state index in [4.69, 9.17) is 9.47 Å². The number of amides is 1. The van der Waals surface area contributed by atoms with Gasteiger partial charge in [-0.25, -0.2) is 0 Å². The summed E-state index contributed by atoms with van der Waals surface area (Å²) in [7, 11) is 3.33. The van der Waals surface area contributed by atoms with Crippen molar-refractivity contribution in [3.63, 3.8) is 0 Å². The zero-order valence-corrected chi connectivity index (χ0v) is 16.9. The SMILES string of the molecule is COc1cc2c(cc1OC)C(c1cccs1)N(C(=O)C1CCCCC1)CC2. The molecule has 144 valence electrons. The fourth-order valence-electron chi connectivity index (χ4n) is 4.52. The Bertz CT molecular complexity index is 796. The van der Waals surface area contributed by atoms with E-state index < -0.39 is 0 Å².